The van der Waals surface area contributed by atoms with Gasteiger partial charge in [0.15, 0.2) is 0 Å². The standard InChI is InChI=1S/C30H43N5O6/c1-4-19(2)26-30(40)34-15-9-7-14-25(34)29(39)31-22(12-8-10-16-36)27(37)32-23(28(38)33-26)17-20-18-35(41-3)24-13-6-5-11-21(20)24/h5-6,11,13,18-19,22-23,25-26,36H,4,7-10,12,14-17H2,1-3H3,(H,31,39)(H,32,37)(H,33,38)/t19-,22?,23-,25+,26?/m0/s1. The SMILES string of the molecule is CC[C@H](C)C1NC(=O)[C@H](Cc2cn(OC)c3ccccc23)NC(=O)C(CCCCO)NC(=O)[C@H]2CCCCN2C1=O. The zero-order valence-corrected chi connectivity index (χ0v) is 24.2. The Morgan fingerprint density at radius 3 is 2.46 bits per heavy atom. The number of aliphatic hydroxyl groups is 1. The molecule has 0 spiro atoms. The molecule has 2 fully saturated rings. The van der Waals surface area contributed by atoms with Gasteiger partial charge in [0, 0.05) is 31.2 Å². The van der Waals surface area contributed by atoms with Gasteiger partial charge in [-0.2, -0.15) is 4.73 Å². The van der Waals surface area contributed by atoms with Gasteiger partial charge in [-0.15, -0.1) is 0 Å². The molecular formula is C30H43N5O6. The molecule has 11 heteroatoms. The predicted octanol–water partition coefficient (Wildman–Crippen LogP) is 1.30. The summed E-state index contributed by atoms with van der Waals surface area (Å²) in [5.41, 5.74) is 1.61. The average Bonchev–Trinajstić information content (AvgIpc) is 3.35. The van der Waals surface area contributed by atoms with E-state index >= 15 is 0 Å². The quantitative estimate of drug-likeness (QED) is 0.336. The van der Waals surface area contributed by atoms with Gasteiger partial charge in [-0.1, -0.05) is 38.5 Å². The van der Waals surface area contributed by atoms with E-state index in [1.54, 1.807) is 22.9 Å². The lowest BCUT2D eigenvalue weighted by Crippen LogP contribution is -2.64. The van der Waals surface area contributed by atoms with E-state index in [1.807, 2.05) is 38.1 Å². The number of hydrogen-bond acceptors (Lipinski definition) is 6. The van der Waals surface area contributed by atoms with Gasteiger partial charge >= 0.3 is 0 Å². The van der Waals surface area contributed by atoms with Gasteiger partial charge in [0.25, 0.3) is 0 Å². The van der Waals surface area contributed by atoms with Crippen molar-refractivity contribution in [3.63, 3.8) is 0 Å². The number of carbonyl (C=O) groups excluding carboxylic acids is 4. The van der Waals surface area contributed by atoms with Crippen LogP contribution in [-0.2, 0) is 25.6 Å². The van der Waals surface area contributed by atoms with Crippen molar-refractivity contribution in [2.75, 3.05) is 20.3 Å². The Kier molecular flexibility index (Phi) is 10.3. The smallest absolute Gasteiger partial charge is 0.246 e. The Balaban J connectivity index is 1.72. The fourth-order valence-corrected chi connectivity index (χ4v) is 5.81. The van der Waals surface area contributed by atoms with Crippen LogP contribution in [-0.4, -0.2) is 82.8 Å². The molecule has 1 aromatic heterocycles. The Morgan fingerprint density at radius 1 is 1.00 bits per heavy atom. The highest BCUT2D eigenvalue weighted by Gasteiger charge is 2.40. The second-order valence-corrected chi connectivity index (χ2v) is 11.1. The third-order valence-electron chi connectivity index (χ3n) is 8.41. The summed E-state index contributed by atoms with van der Waals surface area (Å²) in [6.07, 6.45) is 5.93. The van der Waals surface area contributed by atoms with E-state index in [9.17, 15) is 24.3 Å². The van der Waals surface area contributed by atoms with E-state index in [0.29, 0.717) is 38.6 Å². The molecule has 0 saturated carbocycles. The van der Waals surface area contributed by atoms with Crippen LogP contribution in [0.3, 0.4) is 0 Å². The Labute approximate surface area is 240 Å². The molecule has 0 radical (unpaired) electrons. The summed E-state index contributed by atoms with van der Waals surface area (Å²) in [6, 6.07) is 4.16. The summed E-state index contributed by atoms with van der Waals surface area (Å²) in [4.78, 5) is 62.1. The summed E-state index contributed by atoms with van der Waals surface area (Å²) in [5.74, 6) is -1.75. The molecule has 5 atom stereocenters. The highest BCUT2D eigenvalue weighted by atomic mass is 16.6. The number of aliphatic hydroxyl groups excluding tert-OH is 1. The second kappa shape index (κ2) is 13.8. The molecule has 224 valence electrons. The fourth-order valence-electron chi connectivity index (χ4n) is 5.81. The molecule has 2 aliphatic rings. The van der Waals surface area contributed by atoms with Crippen LogP contribution in [0.1, 0.15) is 64.4 Å². The Morgan fingerprint density at radius 2 is 1.73 bits per heavy atom. The molecule has 4 N–H and O–H groups in total. The average molecular weight is 570 g/mol. The number of fused-ring (bicyclic) bond motifs is 2. The lowest BCUT2D eigenvalue weighted by Gasteiger charge is -2.39. The zero-order valence-electron chi connectivity index (χ0n) is 24.2. The van der Waals surface area contributed by atoms with Crippen LogP contribution in [0.15, 0.2) is 30.5 Å². The van der Waals surface area contributed by atoms with E-state index in [0.717, 1.165) is 29.3 Å². The first kappa shape index (κ1) is 30.4. The van der Waals surface area contributed by atoms with Crippen LogP contribution in [0, 0.1) is 5.92 Å². The summed E-state index contributed by atoms with van der Waals surface area (Å²) in [6.45, 7) is 4.25. The summed E-state index contributed by atoms with van der Waals surface area (Å²) >= 11 is 0. The monoisotopic (exact) mass is 569 g/mol. The second-order valence-electron chi connectivity index (χ2n) is 11.1. The molecule has 4 amide bonds. The first-order valence-electron chi connectivity index (χ1n) is 14.7. The van der Waals surface area contributed by atoms with Crippen molar-refractivity contribution >= 4 is 34.5 Å². The largest absolute Gasteiger partial charge is 0.417 e. The first-order valence-corrected chi connectivity index (χ1v) is 14.7. The van der Waals surface area contributed by atoms with E-state index in [-0.39, 0.29) is 30.8 Å². The van der Waals surface area contributed by atoms with Gasteiger partial charge in [0.2, 0.25) is 23.6 Å². The lowest BCUT2D eigenvalue weighted by molar-refractivity contribution is -0.147. The van der Waals surface area contributed by atoms with Gasteiger partial charge in [-0.05, 0) is 56.1 Å². The van der Waals surface area contributed by atoms with Crippen LogP contribution >= 0.6 is 0 Å². The van der Waals surface area contributed by atoms with E-state index < -0.39 is 36.0 Å². The molecule has 3 heterocycles. The van der Waals surface area contributed by atoms with Gasteiger partial charge in [-0.25, -0.2) is 0 Å². The van der Waals surface area contributed by atoms with Gasteiger partial charge < -0.3 is 30.8 Å². The van der Waals surface area contributed by atoms with E-state index in [1.165, 1.54) is 0 Å². The molecule has 2 aromatic rings. The van der Waals surface area contributed by atoms with Crippen LogP contribution in [0.25, 0.3) is 10.9 Å². The minimum atomic E-state index is -1.01. The molecule has 2 saturated heterocycles. The number of benzene rings is 1. The van der Waals surface area contributed by atoms with Crippen molar-refractivity contribution < 1.29 is 29.1 Å². The minimum absolute atomic E-state index is 0.0290. The normalized spacial score (nSPS) is 24.9. The number of para-hydroxylation sites is 1. The highest BCUT2D eigenvalue weighted by Crippen LogP contribution is 2.24. The van der Waals surface area contributed by atoms with Crippen LogP contribution < -0.4 is 20.8 Å². The first-order chi connectivity index (χ1) is 19.8. The molecule has 2 aliphatic heterocycles. The number of carbonyl (C=O) groups is 4. The van der Waals surface area contributed by atoms with Gasteiger partial charge in [0.1, 0.15) is 31.3 Å². The number of aromatic nitrogens is 1. The number of piperidine rings is 1. The number of nitrogens with zero attached hydrogens (tertiary/aromatic N) is 2. The molecule has 2 unspecified atom stereocenters. The van der Waals surface area contributed by atoms with Gasteiger partial charge in [0.05, 0.1) is 5.52 Å². The van der Waals surface area contributed by atoms with Crippen molar-refractivity contribution in [1.29, 1.82) is 0 Å². The maximum atomic E-state index is 13.9. The molecule has 0 aliphatic carbocycles. The van der Waals surface area contributed by atoms with Gasteiger partial charge in [-0.3, -0.25) is 19.2 Å². The lowest BCUT2D eigenvalue weighted by atomic mass is 9.93. The topological polar surface area (TPSA) is 142 Å². The van der Waals surface area contributed by atoms with E-state index in [4.69, 9.17) is 4.84 Å². The maximum Gasteiger partial charge on any atom is 0.246 e. The maximum absolute atomic E-state index is 13.9. The van der Waals surface area contributed by atoms with E-state index in [2.05, 4.69) is 16.0 Å². The highest BCUT2D eigenvalue weighted by molar-refractivity contribution is 5.98. The molecular weight excluding hydrogens is 526 g/mol. The molecule has 4 rings (SSSR count). The van der Waals surface area contributed by atoms with Crippen molar-refractivity contribution in [1.82, 2.24) is 25.6 Å². The van der Waals surface area contributed by atoms with Crippen molar-refractivity contribution in [3.8, 4) is 0 Å². The van der Waals surface area contributed by atoms with Crippen molar-refractivity contribution in [2.24, 2.45) is 5.92 Å². The molecule has 11 nitrogen and oxygen atoms in total. The number of amides is 4. The minimum Gasteiger partial charge on any atom is -0.417 e. The Hall–Kier alpha value is -3.60. The van der Waals surface area contributed by atoms with Crippen molar-refractivity contribution in [2.45, 2.75) is 89.4 Å². The number of nitrogens with one attached hydrogen (secondary N) is 3. The zero-order chi connectivity index (χ0) is 29.5. The molecule has 1 aromatic carbocycles. The van der Waals surface area contributed by atoms with Crippen LogP contribution in [0.4, 0.5) is 0 Å². The third-order valence-corrected chi connectivity index (χ3v) is 8.41. The summed E-state index contributed by atoms with van der Waals surface area (Å²) in [7, 11) is 1.55. The Bertz CT molecular complexity index is 1250. The fraction of sp³-hybridized carbons (Fsp3) is 0.600. The third kappa shape index (κ3) is 6.83. The number of rotatable bonds is 9. The number of unbranched alkanes of at least 4 members (excludes halogenated alkanes) is 1. The number of hydrogen-bond donors (Lipinski definition) is 4. The molecule has 0 bridgehead atoms. The van der Waals surface area contributed by atoms with Crippen LogP contribution in [0.5, 0.6) is 0 Å². The predicted molar refractivity (Wildman–Crippen MR) is 154 cm³/mol. The van der Waals surface area contributed by atoms with Crippen LogP contribution in [0.2, 0.25) is 0 Å². The molecule has 41 heavy (non-hydrogen) atoms. The summed E-state index contributed by atoms with van der Waals surface area (Å²) < 4.78 is 1.61. The summed E-state index contributed by atoms with van der Waals surface area (Å²) in [5, 5.41) is 18.9. The van der Waals surface area contributed by atoms with Crippen molar-refractivity contribution in [3.05, 3.63) is 36.0 Å².